The van der Waals surface area contributed by atoms with E-state index in [1.807, 2.05) is 52.7 Å². The third-order valence-corrected chi connectivity index (χ3v) is 7.76. The Morgan fingerprint density at radius 1 is 0.872 bits per heavy atom. The Morgan fingerprint density at radius 3 is 2.15 bits per heavy atom. The van der Waals surface area contributed by atoms with Crippen LogP contribution in [0, 0.1) is 5.82 Å². The Labute approximate surface area is 233 Å². The average Bonchev–Trinajstić information content (AvgIpc) is 3.44. The summed E-state index contributed by atoms with van der Waals surface area (Å²) in [5.74, 6) is 0.564. The number of amides is 1. The summed E-state index contributed by atoms with van der Waals surface area (Å²) < 4.78 is 18.8. The standard InChI is InChI=1S/C31H33FN4O2S/c1-38-28-13-9-26(10-14-28)21-35(20-25-7-11-27(32)12-8-25)22-30-33-29(23-39-30)31(37)36-17-15-34(16-18-36)19-24-5-3-2-4-6-24/h2-14,23H,15-22H2,1H3. The van der Waals surface area contributed by atoms with Crippen LogP contribution in [-0.4, -0.2) is 58.9 Å². The van der Waals surface area contributed by atoms with Crippen LogP contribution in [0.15, 0.2) is 84.2 Å². The number of methoxy groups -OCH3 is 1. The minimum Gasteiger partial charge on any atom is -0.497 e. The number of aromatic nitrogens is 1. The largest absolute Gasteiger partial charge is 0.497 e. The first-order chi connectivity index (χ1) is 19.1. The smallest absolute Gasteiger partial charge is 0.273 e. The van der Waals surface area contributed by atoms with Crippen molar-refractivity contribution >= 4 is 17.2 Å². The van der Waals surface area contributed by atoms with Crippen molar-refractivity contribution in [1.82, 2.24) is 19.7 Å². The Balaban J connectivity index is 1.21. The third-order valence-electron chi connectivity index (χ3n) is 6.92. The summed E-state index contributed by atoms with van der Waals surface area (Å²) in [7, 11) is 1.65. The van der Waals surface area contributed by atoms with E-state index in [0.29, 0.717) is 38.4 Å². The van der Waals surface area contributed by atoms with Crippen molar-refractivity contribution < 1.29 is 13.9 Å². The van der Waals surface area contributed by atoms with Crippen LogP contribution >= 0.6 is 11.3 Å². The maximum Gasteiger partial charge on any atom is 0.273 e. The van der Waals surface area contributed by atoms with Crippen LogP contribution in [0.25, 0.3) is 0 Å². The monoisotopic (exact) mass is 544 g/mol. The molecule has 202 valence electrons. The zero-order valence-corrected chi connectivity index (χ0v) is 22.9. The highest BCUT2D eigenvalue weighted by atomic mass is 32.1. The predicted molar refractivity (Wildman–Crippen MR) is 152 cm³/mol. The van der Waals surface area contributed by atoms with Gasteiger partial charge in [0.2, 0.25) is 0 Å². The van der Waals surface area contributed by atoms with Gasteiger partial charge in [0.15, 0.2) is 0 Å². The number of ether oxygens (including phenoxy) is 1. The molecule has 3 aromatic carbocycles. The molecule has 1 saturated heterocycles. The SMILES string of the molecule is COc1ccc(CN(Cc2ccc(F)cc2)Cc2nc(C(=O)N3CCN(Cc4ccccc4)CC3)cs2)cc1. The molecular formula is C31H33FN4O2S. The predicted octanol–water partition coefficient (Wildman–Crippen LogP) is 5.45. The van der Waals surface area contributed by atoms with Gasteiger partial charge in [-0.2, -0.15) is 0 Å². The van der Waals surface area contributed by atoms with Gasteiger partial charge in [-0.05, 0) is 41.0 Å². The van der Waals surface area contributed by atoms with E-state index < -0.39 is 0 Å². The molecule has 0 spiro atoms. The maximum atomic E-state index is 13.5. The zero-order valence-electron chi connectivity index (χ0n) is 22.1. The molecule has 0 unspecified atom stereocenters. The fourth-order valence-corrected chi connectivity index (χ4v) is 5.60. The number of thiazole rings is 1. The van der Waals surface area contributed by atoms with Gasteiger partial charge in [-0.1, -0.05) is 54.6 Å². The van der Waals surface area contributed by atoms with E-state index in [9.17, 15) is 9.18 Å². The molecule has 1 aromatic heterocycles. The summed E-state index contributed by atoms with van der Waals surface area (Å²) in [6.45, 7) is 5.93. The van der Waals surface area contributed by atoms with Crippen LogP contribution in [0.4, 0.5) is 4.39 Å². The highest BCUT2D eigenvalue weighted by molar-refractivity contribution is 7.09. The molecule has 0 radical (unpaired) electrons. The minimum atomic E-state index is -0.246. The van der Waals surface area contributed by atoms with Gasteiger partial charge in [0.25, 0.3) is 5.91 Å². The normalized spacial score (nSPS) is 14.1. The van der Waals surface area contributed by atoms with E-state index in [1.54, 1.807) is 7.11 Å². The van der Waals surface area contributed by atoms with Gasteiger partial charge in [-0.25, -0.2) is 9.37 Å². The summed E-state index contributed by atoms with van der Waals surface area (Å²) in [6.07, 6.45) is 0. The Bertz CT molecular complexity index is 1340. The molecule has 0 atom stereocenters. The van der Waals surface area contributed by atoms with Crippen molar-refractivity contribution in [3.05, 3.63) is 117 Å². The lowest BCUT2D eigenvalue weighted by molar-refractivity contribution is 0.0623. The molecular weight excluding hydrogens is 511 g/mol. The first-order valence-corrected chi connectivity index (χ1v) is 14.0. The van der Waals surface area contributed by atoms with Crippen LogP contribution < -0.4 is 4.74 Å². The van der Waals surface area contributed by atoms with E-state index >= 15 is 0 Å². The Hall–Kier alpha value is -3.59. The number of halogens is 1. The highest BCUT2D eigenvalue weighted by Gasteiger charge is 2.24. The van der Waals surface area contributed by atoms with Crippen molar-refractivity contribution in [2.75, 3.05) is 33.3 Å². The molecule has 6 nitrogen and oxygen atoms in total. The molecule has 0 aliphatic carbocycles. The summed E-state index contributed by atoms with van der Waals surface area (Å²) in [5, 5.41) is 2.76. The summed E-state index contributed by atoms with van der Waals surface area (Å²) in [6, 6.07) is 25.0. The molecule has 1 aliphatic heterocycles. The first-order valence-electron chi connectivity index (χ1n) is 13.2. The van der Waals surface area contributed by atoms with Crippen molar-refractivity contribution in [3.8, 4) is 5.75 Å². The van der Waals surface area contributed by atoms with Gasteiger partial charge in [0, 0.05) is 51.2 Å². The second kappa shape index (κ2) is 13.0. The molecule has 1 fully saturated rings. The molecule has 0 N–H and O–H groups in total. The number of nitrogens with zero attached hydrogens (tertiary/aromatic N) is 4. The molecule has 0 saturated carbocycles. The van der Waals surface area contributed by atoms with Gasteiger partial charge < -0.3 is 9.64 Å². The third kappa shape index (κ3) is 7.50. The number of hydrogen-bond acceptors (Lipinski definition) is 6. The number of carbonyl (C=O) groups is 1. The first kappa shape index (κ1) is 27.0. The van der Waals surface area contributed by atoms with Crippen LogP contribution in [0.1, 0.15) is 32.2 Å². The topological polar surface area (TPSA) is 48.9 Å². The number of rotatable bonds is 10. The fourth-order valence-electron chi connectivity index (χ4n) is 4.79. The lowest BCUT2D eigenvalue weighted by atomic mass is 10.1. The number of carbonyl (C=O) groups excluding carboxylic acids is 1. The van der Waals surface area contributed by atoms with Crippen molar-refractivity contribution in [3.63, 3.8) is 0 Å². The van der Waals surface area contributed by atoms with Crippen molar-refractivity contribution in [2.45, 2.75) is 26.2 Å². The number of piperazine rings is 1. The van der Waals surface area contributed by atoms with E-state index in [-0.39, 0.29) is 11.7 Å². The van der Waals surface area contributed by atoms with Crippen molar-refractivity contribution in [2.24, 2.45) is 0 Å². The van der Waals surface area contributed by atoms with Gasteiger partial charge in [-0.15, -0.1) is 11.3 Å². The van der Waals surface area contributed by atoms with Gasteiger partial charge >= 0.3 is 0 Å². The van der Waals surface area contributed by atoms with E-state index in [4.69, 9.17) is 9.72 Å². The molecule has 39 heavy (non-hydrogen) atoms. The quantitative estimate of drug-likeness (QED) is 0.266. The summed E-state index contributed by atoms with van der Waals surface area (Å²) in [5.41, 5.74) is 3.96. The molecule has 2 heterocycles. The molecule has 1 amide bonds. The maximum absolute atomic E-state index is 13.5. The lowest BCUT2D eigenvalue weighted by Gasteiger charge is -2.34. The van der Waals surface area contributed by atoms with Gasteiger partial charge in [-0.3, -0.25) is 14.6 Å². The van der Waals surface area contributed by atoms with Crippen LogP contribution in [0.2, 0.25) is 0 Å². The molecule has 5 rings (SSSR count). The minimum absolute atomic E-state index is 0.00269. The zero-order chi connectivity index (χ0) is 27.0. The van der Waals surface area contributed by atoms with Crippen LogP contribution in [-0.2, 0) is 26.2 Å². The van der Waals surface area contributed by atoms with Gasteiger partial charge in [0.05, 0.1) is 13.7 Å². The summed E-state index contributed by atoms with van der Waals surface area (Å²) >= 11 is 1.51. The van der Waals surface area contributed by atoms with Crippen molar-refractivity contribution in [1.29, 1.82) is 0 Å². The van der Waals surface area contributed by atoms with E-state index in [1.165, 1.54) is 29.0 Å². The van der Waals surface area contributed by atoms with Crippen LogP contribution in [0.5, 0.6) is 5.75 Å². The summed E-state index contributed by atoms with van der Waals surface area (Å²) in [4.78, 5) is 24.5. The molecule has 4 aromatic rings. The second-order valence-corrected chi connectivity index (χ2v) is 10.7. The fraction of sp³-hybridized carbons (Fsp3) is 0.290. The van der Waals surface area contributed by atoms with Crippen LogP contribution in [0.3, 0.4) is 0 Å². The number of benzene rings is 3. The van der Waals surface area contributed by atoms with Gasteiger partial charge in [0.1, 0.15) is 22.3 Å². The highest BCUT2D eigenvalue weighted by Crippen LogP contribution is 2.20. The molecule has 0 bridgehead atoms. The molecule has 8 heteroatoms. The van der Waals surface area contributed by atoms with E-state index in [0.717, 1.165) is 41.5 Å². The lowest BCUT2D eigenvalue weighted by Crippen LogP contribution is -2.48. The van der Waals surface area contributed by atoms with E-state index in [2.05, 4.69) is 34.1 Å². The number of hydrogen-bond donors (Lipinski definition) is 0. The Morgan fingerprint density at radius 2 is 1.51 bits per heavy atom. The average molecular weight is 545 g/mol. The Kier molecular flexibility index (Phi) is 8.98. The second-order valence-electron chi connectivity index (χ2n) is 9.80. The molecule has 1 aliphatic rings.